The Morgan fingerprint density at radius 2 is 1.82 bits per heavy atom. The molecule has 0 aliphatic heterocycles. The molecule has 34 heavy (non-hydrogen) atoms. The molecule has 5 rings (SSSR count). The van der Waals surface area contributed by atoms with E-state index in [-0.39, 0.29) is 15.6 Å². The molecule has 0 unspecified atom stereocenters. The Morgan fingerprint density at radius 3 is 2.59 bits per heavy atom. The normalized spacial score (nSPS) is 11.9. The summed E-state index contributed by atoms with van der Waals surface area (Å²) in [6.07, 6.45) is 0.888. The average molecular weight is 492 g/mol. The molecule has 0 saturated heterocycles. The second-order valence-electron chi connectivity index (χ2n) is 8.18. The molecule has 9 heteroatoms. The minimum absolute atomic E-state index is 0.141. The predicted molar refractivity (Wildman–Crippen MR) is 134 cm³/mol. The lowest BCUT2D eigenvalue weighted by atomic mass is 10.1. The molecule has 0 fully saturated rings. The van der Waals surface area contributed by atoms with Gasteiger partial charge in [-0.15, -0.1) is 5.10 Å². The van der Waals surface area contributed by atoms with Gasteiger partial charge in [0.25, 0.3) is 0 Å². The Morgan fingerprint density at radius 1 is 1.00 bits per heavy atom. The number of aryl methyl sites for hydroxylation is 3. The van der Waals surface area contributed by atoms with Gasteiger partial charge in [0.2, 0.25) is 14.9 Å². The number of nitrogens with zero attached hydrogens (tertiary/aromatic N) is 4. The summed E-state index contributed by atoms with van der Waals surface area (Å²) in [4.78, 5) is 4.83. The standard InChI is InChI=1S/C25H22ClN5O2S/c1-4-17-6-5-7-19(13-17)27-23-21-14-18(26)9-11-22(21)31-24(28-23)25(29-30-31)34(32,33)20-10-8-15(2)16(3)12-20/h5-14H,4H2,1-3H3,(H,27,28). The van der Waals surface area contributed by atoms with Gasteiger partial charge in [-0.1, -0.05) is 41.9 Å². The first-order valence-corrected chi connectivity index (χ1v) is 12.7. The van der Waals surface area contributed by atoms with Gasteiger partial charge in [0.05, 0.1) is 10.4 Å². The third kappa shape index (κ3) is 3.78. The fourth-order valence-electron chi connectivity index (χ4n) is 3.84. The molecular weight excluding hydrogens is 470 g/mol. The first-order valence-electron chi connectivity index (χ1n) is 10.8. The molecule has 0 bridgehead atoms. The smallest absolute Gasteiger partial charge is 0.229 e. The van der Waals surface area contributed by atoms with Crippen LogP contribution in [0.2, 0.25) is 5.02 Å². The first-order chi connectivity index (χ1) is 16.3. The quantitative estimate of drug-likeness (QED) is 0.340. The molecule has 3 aromatic carbocycles. The van der Waals surface area contributed by atoms with Gasteiger partial charge in [0.1, 0.15) is 5.82 Å². The molecular formula is C25H22ClN5O2S. The van der Waals surface area contributed by atoms with Crippen LogP contribution in [0.1, 0.15) is 23.6 Å². The molecule has 7 nitrogen and oxygen atoms in total. The summed E-state index contributed by atoms with van der Waals surface area (Å²) in [7, 11) is -3.95. The number of sulfone groups is 1. The molecule has 2 aromatic heterocycles. The van der Waals surface area contributed by atoms with Crippen molar-refractivity contribution >= 4 is 49.5 Å². The van der Waals surface area contributed by atoms with E-state index in [9.17, 15) is 8.42 Å². The molecule has 0 amide bonds. The highest BCUT2D eigenvalue weighted by molar-refractivity contribution is 7.91. The average Bonchev–Trinajstić information content (AvgIpc) is 3.25. The molecule has 172 valence electrons. The van der Waals surface area contributed by atoms with Crippen LogP contribution in [-0.4, -0.2) is 28.2 Å². The second-order valence-corrected chi connectivity index (χ2v) is 10.5. The SMILES string of the molecule is CCc1cccc(Nc2nc3c(S(=O)(=O)c4ccc(C)c(C)c4)nnn3c3ccc(Cl)cc23)c1. The van der Waals surface area contributed by atoms with Gasteiger partial charge in [0.15, 0.2) is 5.65 Å². The summed E-state index contributed by atoms with van der Waals surface area (Å²) < 4.78 is 28.5. The molecule has 0 atom stereocenters. The summed E-state index contributed by atoms with van der Waals surface area (Å²) in [5.41, 5.74) is 4.66. The van der Waals surface area contributed by atoms with Crippen molar-refractivity contribution in [2.75, 3.05) is 5.32 Å². The Bertz CT molecular complexity index is 1680. The number of anilines is 2. The molecule has 2 heterocycles. The number of fused-ring (bicyclic) bond motifs is 3. The maximum atomic E-state index is 13.5. The lowest BCUT2D eigenvalue weighted by Gasteiger charge is -2.12. The molecule has 0 radical (unpaired) electrons. The predicted octanol–water partition coefficient (Wildman–Crippen LogP) is 5.69. The molecule has 0 aliphatic carbocycles. The van der Waals surface area contributed by atoms with E-state index in [2.05, 4.69) is 27.5 Å². The van der Waals surface area contributed by atoms with Crippen LogP contribution in [0.25, 0.3) is 16.6 Å². The fraction of sp³-hybridized carbons (Fsp3) is 0.160. The van der Waals surface area contributed by atoms with Crippen molar-refractivity contribution in [3.63, 3.8) is 0 Å². The Labute approximate surface area is 202 Å². The molecule has 5 aromatic rings. The summed E-state index contributed by atoms with van der Waals surface area (Å²) in [5, 5.41) is 12.5. The summed E-state index contributed by atoms with van der Waals surface area (Å²) in [6, 6.07) is 18.3. The van der Waals surface area contributed by atoms with E-state index < -0.39 is 9.84 Å². The van der Waals surface area contributed by atoms with Gasteiger partial charge in [-0.2, -0.15) is 4.52 Å². The van der Waals surface area contributed by atoms with Crippen LogP contribution < -0.4 is 5.32 Å². The molecule has 0 aliphatic rings. The minimum atomic E-state index is -3.95. The van der Waals surface area contributed by atoms with Gasteiger partial charge >= 0.3 is 0 Å². The van der Waals surface area contributed by atoms with Crippen molar-refractivity contribution in [3.05, 3.63) is 82.4 Å². The summed E-state index contributed by atoms with van der Waals surface area (Å²) in [6.45, 7) is 5.89. The van der Waals surface area contributed by atoms with Crippen LogP contribution in [0.5, 0.6) is 0 Å². The minimum Gasteiger partial charge on any atom is -0.340 e. The number of halogens is 1. The first kappa shape index (κ1) is 22.3. The fourth-order valence-corrected chi connectivity index (χ4v) is 5.33. The van der Waals surface area contributed by atoms with Crippen molar-refractivity contribution in [2.45, 2.75) is 37.1 Å². The van der Waals surface area contributed by atoms with E-state index >= 15 is 0 Å². The second kappa shape index (κ2) is 8.38. The Hall–Kier alpha value is -3.49. The zero-order chi connectivity index (χ0) is 24.0. The van der Waals surface area contributed by atoms with Crippen LogP contribution in [0.15, 0.2) is 70.6 Å². The van der Waals surface area contributed by atoms with Crippen molar-refractivity contribution < 1.29 is 8.42 Å². The van der Waals surface area contributed by atoms with E-state index in [1.807, 2.05) is 38.1 Å². The lowest BCUT2D eigenvalue weighted by molar-refractivity contribution is 0.592. The van der Waals surface area contributed by atoms with Crippen LogP contribution in [0, 0.1) is 13.8 Å². The van der Waals surface area contributed by atoms with Crippen molar-refractivity contribution in [3.8, 4) is 0 Å². The topological polar surface area (TPSA) is 89.2 Å². The molecule has 1 N–H and O–H groups in total. The zero-order valence-electron chi connectivity index (χ0n) is 18.9. The highest BCUT2D eigenvalue weighted by atomic mass is 35.5. The van der Waals surface area contributed by atoms with Crippen molar-refractivity contribution in [1.29, 1.82) is 0 Å². The summed E-state index contributed by atoms with van der Waals surface area (Å²) in [5.74, 6) is 0.470. The largest absolute Gasteiger partial charge is 0.340 e. The Kier molecular flexibility index (Phi) is 5.50. The van der Waals surface area contributed by atoms with E-state index in [1.54, 1.807) is 36.4 Å². The van der Waals surface area contributed by atoms with Crippen LogP contribution in [0.3, 0.4) is 0 Å². The number of hydrogen-bond acceptors (Lipinski definition) is 6. The van der Waals surface area contributed by atoms with Gasteiger partial charge in [-0.05, 0) is 79.4 Å². The van der Waals surface area contributed by atoms with Gasteiger partial charge in [-0.3, -0.25) is 0 Å². The number of rotatable bonds is 5. The number of hydrogen-bond donors (Lipinski definition) is 1. The number of aromatic nitrogens is 4. The highest BCUT2D eigenvalue weighted by Crippen LogP contribution is 2.31. The summed E-state index contributed by atoms with van der Waals surface area (Å²) >= 11 is 6.28. The van der Waals surface area contributed by atoms with Gasteiger partial charge < -0.3 is 5.32 Å². The van der Waals surface area contributed by atoms with Crippen molar-refractivity contribution in [2.24, 2.45) is 0 Å². The van der Waals surface area contributed by atoms with E-state index in [0.717, 1.165) is 28.8 Å². The number of benzene rings is 3. The van der Waals surface area contributed by atoms with E-state index in [4.69, 9.17) is 11.6 Å². The monoisotopic (exact) mass is 491 g/mol. The van der Waals surface area contributed by atoms with Gasteiger partial charge in [-0.25, -0.2) is 13.4 Å². The third-order valence-electron chi connectivity index (χ3n) is 5.92. The van der Waals surface area contributed by atoms with Gasteiger partial charge in [0, 0.05) is 16.1 Å². The van der Waals surface area contributed by atoms with Crippen LogP contribution in [0.4, 0.5) is 11.5 Å². The maximum Gasteiger partial charge on any atom is 0.229 e. The zero-order valence-corrected chi connectivity index (χ0v) is 20.4. The van der Waals surface area contributed by atoms with E-state index in [1.165, 1.54) is 4.52 Å². The molecule has 0 saturated carbocycles. The third-order valence-corrected chi connectivity index (χ3v) is 7.80. The Balaban J connectivity index is 1.74. The number of nitrogens with one attached hydrogen (secondary N) is 1. The van der Waals surface area contributed by atoms with Crippen molar-refractivity contribution in [1.82, 2.24) is 19.8 Å². The molecule has 0 spiro atoms. The van der Waals surface area contributed by atoms with E-state index in [0.29, 0.717) is 21.7 Å². The van der Waals surface area contributed by atoms with Crippen LogP contribution >= 0.6 is 11.6 Å². The highest BCUT2D eigenvalue weighted by Gasteiger charge is 2.27. The lowest BCUT2D eigenvalue weighted by Crippen LogP contribution is -2.06. The maximum absolute atomic E-state index is 13.5. The van der Waals surface area contributed by atoms with Crippen LogP contribution in [-0.2, 0) is 16.3 Å².